The molecule has 2 aromatic heterocycles. The maximum atomic E-state index is 12.0. The molecule has 0 bridgehead atoms. The van der Waals surface area contributed by atoms with Crippen LogP contribution >= 0.6 is 11.8 Å². The first-order chi connectivity index (χ1) is 9.19. The van der Waals surface area contributed by atoms with Crippen LogP contribution in [0, 0.1) is 6.92 Å². The molecule has 7 heteroatoms. The van der Waals surface area contributed by atoms with Gasteiger partial charge in [-0.05, 0) is 19.2 Å². The molecule has 2 rings (SSSR count). The van der Waals surface area contributed by atoms with Gasteiger partial charge in [-0.2, -0.15) is 0 Å². The highest BCUT2D eigenvalue weighted by atomic mass is 32.2. The largest absolute Gasteiger partial charge is 0.349 e. The van der Waals surface area contributed by atoms with Gasteiger partial charge >= 0.3 is 0 Å². The molecular formula is C12H15N5OS. The normalized spacial score (nSPS) is 10.4. The molecule has 0 saturated heterocycles. The van der Waals surface area contributed by atoms with E-state index in [0.29, 0.717) is 23.9 Å². The van der Waals surface area contributed by atoms with E-state index in [2.05, 4.69) is 20.3 Å². The van der Waals surface area contributed by atoms with Gasteiger partial charge in [0.05, 0.1) is 6.33 Å². The van der Waals surface area contributed by atoms with Crippen molar-refractivity contribution in [2.75, 3.05) is 12.8 Å². The van der Waals surface area contributed by atoms with Gasteiger partial charge in [0.2, 0.25) is 0 Å². The van der Waals surface area contributed by atoms with E-state index < -0.39 is 0 Å². The third kappa shape index (κ3) is 3.78. The van der Waals surface area contributed by atoms with E-state index in [4.69, 9.17) is 0 Å². The molecule has 0 radical (unpaired) electrons. The van der Waals surface area contributed by atoms with Gasteiger partial charge in [0, 0.05) is 31.2 Å². The summed E-state index contributed by atoms with van der Waals surface area (Å²) >= 11 is 1.42. The fourth-order valence-corrected chi connectivity index (χ4v) is 1.98. The summed E-state index contributed by atoms with van der Waals surface area (Å²) in [5.74, 6) is -0.180. The van der Waals surface area contributed by atoms with E-state index in [0.717, 1.165) is 5.69 Å². The zero-order valence-corrected chi connectivity index (χ0v) is 11.6. The first kappa shape index (κ1) is 13.5. The molecule has 0 aliphatic carbocycles. The molecular weight excluding hydrogens is 262 g/mol. The van der Waals surface area contributed by atoms with Crippen LogP contribution in [-0.4, -0.2) is 38.2 Å². The highest BCUT2D eigenvalue weighted by Crippen LogP contribution is 2.10. The van der Waals surface area contributed by atoms with Crippen molar-refractivity contribution in [3.63, 3.8) is 0 Å². The number of rotatable bonds is 5. The van der Waals surface area contributed by atoms with Crippen LogP contribution in [0.5, 0.6) is 0 Å². The second-order valence-corrected chi connectivity index (χ2v) is 4.71. The number of nitrogens with zero attached hydrogens (tertiary/aromatic N) is 4. The maximum absolute atomic E-state index is 12.0. The lowest BCUT2D eigenvalue weighted by molar-refractivity contribution is 0.0946. The van der Waals surface area contributed by atoms with Crippen LogP contribution in [0.15, 0.2) is 29.9 Å². The summed E-state index contributed by atoms with van der Waals surface area (Å²) in [5, 5.41) is 3.44. The van der Waals surface area contributed by atoms with Crippen LogP contribution in [0.3, 0.4) is 0 Å². The van der Waals surface area contributed by atoms with Crippen LogP contribution in [0.1, 0.15) is 16.2 Å². The number of hydrogen-bond donors (Lipinski definition) is 1. The van der Waals surface area contributed by atoms with Gasteiger partial charge < -0.3 is 9.88 Å². The molecule has 1 N–H and O–H groups in total. The second kappa shape index (κ2) is 6.33. The summed E-state index contributed by atoms with van der Waals surface area (Å²) < 4.78 is 1.90. The van der Waals surface area contributed by atoms with E-state index >= 15 is 0 Å². The summed E-state index contributed by atoms with van der Waals surface area (Å²) in [5.41, 5.74) is 1.20. The molecule has 2 heterocycles. The van der Waals surface area contributed by atoms with E-state index in [1.165, 1.54) is 11.8 Å². The first-order valence-corrected chi connectivity index (χ1v) is 7.05. The SMILES string of the molecule is CSc1nc(C)cc(C(=O)NCCn2ccnc2)n1. The minimum absolute atomic E-state index is 0.180. The summed E-state index contributed by atoms with van der Waals surface area (Å²) in [6.07, 6.45) is 7.16. The molecule has 0 aliphatic rings. The molecule has 0 atom stereocenters. The Morgan fingerprint density at radius 2 is 2.32 bits per heavy atom. The molecule has 0 spiro atoms. The number of carbonyl (C=O) groups is 1. The van der Waals surface area contributed by atoms with E-state index in [1.807, 2.05) is 23.9 Å². The Bertz CT molecular complexity index is 555. The van der Waals surface area contributed by atoms with Gasteiger partial charge in [-0.25, -0.2) is 15.0 Å². The van der Waals surface area contributed by atoms with E-state index in [-0.39, 0.29) is 5.91 Å². The summed E-state index contributed by atoms with van der Waals surface area (Å²) in [4.78, 5) is 24.3. The van der Waals surface area contributed by atoms with Crippen LogP contribution in [0.4, 0.5) is 0 Å². The zero-order valence-electron chi connectivity index (χ0n) is 10.8. The van der Waals surface area contributed by atoms with Crippen molar-refractivity contribution in [1.29, 1.82) is 0 Å². The summed E-state index contributed by atoms with van der Waals surface area (Å²) in [7, 11) is 0. The molecule has 0 aromatic carbocycles. The third-order valence-corrected chi connectivity index (χ3v) is 3.01. The fourth-order valence-electron chi connectivity index (χ4n) is 1.56. The van der Waals surface area contributed by atoms with Crippen LogP contribution in [0.25, 0.3) is 0 Å². The topological polar surface area (TPSA) is 72.7 Å². The average Bonchev–Trinajstić information content (AvgIpc) is 2.91. The fraction of sp³-hybridized carbons (Fsp3) is 0.333. The summed E-state index contributed by atoms with van der Waals surface area (Å²) in [6.45, 7) is 3.07. The predicted octanol–water partition coefficient (Wildman–Crippen LogP) is 1.13. The molecule has 0 saturated carbocycles. The second-order valence-electron chi connectivity index (χ2n) is 3.94. The van der Waals surface area contributed by atoms with Gasteiger partial charge in [0.1, 0.15) is 5.69 Å². The molecule has 100 valence electrons. The van der Waals surface area contributed by atoms with Crippen molar-refractivity contribution in [3.8, 4) is 0 Å². The van der Waals surface area contributed by atoms with Gasteiger partial charge in [-0.15, -0.1) is 0 Å². The number of amides is 1. The Balaban J connectivity index is 1.94. The number of carbonyl (C=O) groups excluding carboxylic acids is 1. The highest BCUT2D eigenvalue weighted by Gasteiger charge is 2.09. The predicted molar refractivity (Wildman–Crippen MR) is 73.1 cm³/mol. The Morgan fingerprint density at radius 1 is 1.47 bits per heavy atom. The van der Waals surface area contributed by atoms with Crippen LogP contribution in [-0.2, 0) is 6.54 Å². The minimum Gasteiger partial charge on any atom is -0.349 e. The van der Waals surface area contributed by atoms with Crippen molar-refractivity contribution in [3.05, 3.63) is 36.2 Å². The number of hydrogen-bond acceptors (Lipinski definition) is 5. The summed E-state index contributed by atoms with van der Waals surface area (Å²) in [6, 6.07) is 1.69. The van der Waals surface area contributed by atoms with Gasteiger partial charge in [0.25, 0.3) is 5.91 Å². The van der Waals surface area contributed by atoms with Crippen molar-refractivity contribution in [2.45, 2.75) is 18.6 Å². The van der Waals surface area contributed by atoms with Gasteiger partial charge in [-0.3, -0.25) is 4.79 Å². The molecule has 0 aliphatic heterocycles. The molecule has 6 nitrogen and oxygen atoms in total. The lowest BCUT2D eigenvalue weighted by Gasteiger charge is -2.06. The van der Waals surface area contributed by atoms with Crippen molar-refractivity contribution in [2.24, 2.45) is 0 Å². The minimum atomic E-state index is -0.180. The molecule has 0 fully saturated rings. The molecule has 0 unspecified atom stereocenters. The Morgan fingerprint density at radius 3 is 3.00 bits per heavy atom. The standard InChI is InChI=1S/C12H15N5OS/c1-9-7-10(16-12(15-9)19-2)11(18)14-4-6-17-5-3-13-8-17/h3,5,7-8H,4,6H2,1-2H3,(H,14,18). The van der Waals surface area contributed by atoms with Gasteiger partial charge in [0.15, 0.2) is 5.16 Å². The van der Waals surface area contributed by atoms with Crippen molar-refractivity contribution < 1.29 is 4.79 Å². The molecule has 1 amide bonds. The smallest absolute Gasteiger partial charge is 0.270 e. The number of nitrogens with one attached hydrogen (secondary N) is 1. The van der Waals surface area contributed by atoms with Crippen LogP contribution in [0.2, 0.25) is 0 Å². The quantitative estimate of drug-likeness (QED) is 0.655. The van der Waals surface area contributed by atoms with Gasteiger partial charge in [-0.1, -0.05) is 11.8 Å². The highest BCUT2D eigenvalue weighted by molar-refractivity contribution is 7.98. The number of thioether (sulfide) groups is 1. The average molecular weight is 277 g/mol. The maximum Gasteiger partial charge on any atom is 0.270 e. The monoisotopic (exact) mass is 277 g/mol. The number of aryl methyl sites for hydroxylation is 1. The number of aromatic nitrogens is 4. The lowest BCUT2D eigenvalue weighted by Crippen LogP contribution is -2.28. The molecule has 19 heavy (non-hydrogen) atoms. The zero-order chi connectivity index (χ0) is 13.7. The number of imidazole rings is 1. The van der Waals surface area contributed by atoms with Crippen molar-refractivity contribution in [1.82, 2.24) is 24.8 Å². The Hall–Kier alpha value is -1.89. The van der Waals surface area contributed by atoms with Crippen LogP contribution < -0.4 is 5.32 Å². The lowest BCUT2D eigenvalue weighted by atomic mass is 10.3. The van der Waals surface area contributed by atoms with Crippen molar-refractivity contribution >= 4 is 17.7 Å². The Labute approximate surface area is 115 Å². The Kier molecular flexibility index (Phi) is 4.51. The van der Waals surface area contributed by atoms with E-state index in [9.17, 15) is 4.79 Å². The third-order valence-electron chi connectivity index (χ3n) is 2.46. The first-order valence-electron chi connectivity index (χ1n) is 5.82. The molecule has 2 aromatic rings. The van der Waals surface area contributed by atoms with E-state index in [1.54, 1.807) is 18.6 Å².